The molecule has 0 radical (unpaired) electrons. The summed E-state index contributed by atoms with van der Waals surface area (Å²) in [6.07, 6.45) is 11.8. The van der Waals surface area contributed by atoms with Crippen LogP contribution in [-0.4, -0.2) is 42.9 Å². The summed E-state index contributed by atoms with van der Waals surface area (Å²) in [5.41, 5.74) is 0. The minimum Gasteiger partial charge on any atom is -0.347 e. The number of amides is 2. The fraction of sp³-hybridized carbons (Fsp3) is 0.889. The molecular formula is C18H30N2O4. The van der Waals surface area contributed by atoms with Gasteiger partial charge in [-0.2, -0.15) is 0 Å². The summed E-state index contributed by atoms with van der Waals surface area (Å²) < 4.78 is 11.9. The summed E-state index contributed by atoms with van der Waals surface area (Å²) in [7, 11) is 0. The molecule has 3 rings (SSSR count). The highest BCUT2D eigenvalue weighted by atomic mass is 16.7. The number of carbonyl (C=O) groups excluding carboxylic acids is 2. The van der Waals surface area contributed by atoms with Crippen LogP contribution in [0.15, 0.2) is 0 Å². The lowest BCUT2D eigenvalue weighted by Gasteiger charge is -2.31. The van der Waals surface area contributed by atoms with Gasteiger partial charge >= 0.3 is 11.8 Å². The van der Waals surface area contributed by atoms with Gasteiger partial charge in [0.05, 0.1) is 6.61 Å². The van der Waals surface area contributed by atoms with Gasteiger partial charge in [-0.3, -0.25) is 9.59 Å². The Morgan fingerprint density at radius 2 is 1.58 bits per heavy atom. The van der Waals surface area contributed by atoms with Crippen molar-refractivity contribution in [3.05, 3.63) is 0 Å². The van der Waals surface area contributed by atoms with E-state index >= 15 is 0 Å². The van der Waals surface area contributed by atoms with Crippen molar-refractivity contribution >= 4 is 11.8 Å². The second kappa shape index (κ2) is 8.30. The highest BCUT2D eigenvalue weighted by molar-refractivity contribution is 6.35. The van der Waals surface area contributed by atoms with Gasteiger partial charge in [0.2, 0.25) is 0 Å². The first kappa shape index (κ1) is 17.7. The Morgan fingerprint density at radius 1 is 0.917 bits per heavy atom. The normalized spacial score (nSPS) is 27.6. The monoisotopic (exact) mass is 338 g/mol. The van der Waals surface area contributed by atoms with Gasteiger partial charge in [-0.25, -0.2) is 0 Å². The SMILES string of the molecule is O=C(NCC1COC2(CCCCC2)O1)C(=O)NC1CCCCCC1. The molecule has 1 spiro atoms. The summed E-state index contributed by atoms with van der Waals surface area (Å²) >= 11 is 0. The minimum absolute atomic E-state index is 0.141. The lowest BCUT2D eigenvalue weighted by atomic mass is 9.94. The third kappa shape index (κ3) is 4.70. The van der Waals surface area contributed by atoms with Gasteiger partial charge in [0.15, 0.2) is 5.79 Å². The molecule has 0 aromatic carbocycles. The number of hydrogen-bond donors (Lipinski definition) is 2. The molecule has 1 heterocycles. The summed E-state index contributed by atoms with van der Waals surface area (Å²) in [4.78, 5) is 24.0. The highest BCUT2D eigenvalue weighted by Crippen LogP contribution is 2.37. The zero-order valence-electron chi connectivity index (χ0n) is 14.5. The molecule has 0 bridgehead atoms. The second-order valence-corrected chi connectivity index (χ2v) is 7.39. The van der Waals surface area contributed by atoms with Crippen molar-refractivity contribution in [2.24, 2.45) is 0 Å². The Morgan fingerprint density at radius 3 is 2.29 bits per heavy atom. The first-order valence-corrected chi connectivity index (χ1v) is 9.57. The molecule has 3 aliphatic rings. The van der Waals surface area contributed by atoms with Crippen molar-refractivity contribution < 1.29 is 19.1 Å². The maximum atomic E-state index is 12.0. The smallest absolute Gasteiger partial charge is 0.309 e. The van der Waals surface area contributed by atoms with E-state index in [2.05, 4.69) is 10.6 Å². The Bertz CT molecular complexity index is 440. The first-order valence-electron chi connectivity index (χ1n) is 9.57. The Balaban J connectivity index is 1.38. The third-order valence-electron chi connectivity index (χ3n) is 5.42. The molecular weight excluding hydrogens is 308 g/mol. The van der Waals surface area contributed by atoms with Crippen LogP contribution in [0.1, 0.15) is 70.6 Å². The number of rotatable bonds is 3. The van der Waals surface area contributed by atoms with Crippen LogP contribution in [0.25, 0.3) is 0 Å². The molecule has 1 unspecified atom stereocenters. The molecule has 136 valence electrons. The van der Waals surface area contributed by atoms with Crippen LogP contribution in [0.3, 0.4) is 0 Å². The second-order valence-electron chi connectivity index (χ2n) is 7.39. The standard InChI is InChI=1S/C18H30N2O4/c21-16(17(22)20-14-8-4-1-2-5-9-14)19-12-15-13-23-18(24-15)10-6-3-7-11-18/h14-15H,1-13H2,(H,19,21)(H,20,22). The van der Waals surface area contributed by atoms with Crippen molar-refractivity contribution in [3.8, 4) is 0 Å². The summed E-state index contributed by atoms with van der Waals surface area (Å²) in [5.74, 6) is -1.52. The van der Waals surface area contributed by atoms with Crippen molar-refractivity contribution in [2.75, 3.05) is 13.2 Å². The van der Waals surface area contributed by atoms with Crippen molar-refractivity contribution in [1.82, 2.24) is 10.6 Å². The average Bonchev–Trinajstić information content (AvgIpc) is 2.81. The lowest BCUT2D eigenvalue weighted by Crippen LogP contribution is -2.46. The molecule has 2 amide bonds. The van der Waals surface area contributed by atoms with E-state index in [1.54, 1.807) is 0 Å². The lowest BCUT2D eigenvalue weighted by molar-refractivity contribution is -0.186. The summed E-state index contributed by atoms with van der Waals surface area (Å²) in [6.45, 7) is 0.823. The van der Waals surface area contributed by atoms with Crippen LogP contribution < -0.4 is 10.6 Å². The summed E-state index contributed by atoms with van der Waals surface area (Å²) in [5, 5.41) is 5.56. The van der Waals surface area contributed by atoms with E-state index in [1.165, 1.54) is 19.3 Å². The van der Waals surface area contributed by atoms with Crippen LogP contribution in [0.4, 0.5) is 0 Å². The minimum atomic E-state index is -0.563. The molecule has 2 aliphatic carbocycles. The molecule has 2 N–H and O–H groups in total. The van der Waals surface area contributed by atoms with Gasteiger partial charge in [-0.15, -0.1) is 0 Å². The number of hydrogen-bond acceptors (Lipinski definition) is 4. The Hall–Kier alpha value is -1.14. The summed E-state index contributed by atoms with van der Waals surface area (Å²) in [6, 6.07) is 0.141. The molecule has 1 atom stereocenters. The van der Waals surface area contributed by atoms with Gasteiger partial charge < -0.3 is 20.1 Å². The molecule has 24 heavy (non-hydrogen) atoms. The topological polar surface area (TPSA) is 76.7 Å². The fourth-order valence-corrected chi connectivity index (χ4v) is 4.03. The molecule has 6 heteroatoms. The predicted molar refractivity (Wildman–Crippen MR) is 89.3 cm³/mol. The third-order valence-corrected chi connectivity index (χ3v) is 5.42. The van der Waals surface area contributed by atoms with Gasteiger partial charge in [-0.05, 0) is 25.7 Å². The van der Waals surface area contributed by atoms with Gasteiger partial charge in [0.1, 0.15) is 6.10 Å². The first-order chi connectivity index (χ1) is 11.7. The van der Waals surface area contributed by atoms with Gasteiger partial charge in [0.25, 0.3) is 0 Å². The molecule has 6 nitrogen and oxygen atoms in total. The maximum Gasteiger partial charge on any atom is 0.309 e. The Kier molecular flexibility index (Phi) is 6.11. The molecule has 0 aromatic rings. The van der Waals surface area contributed by atoms with Crippen LogP contribution in [0.5, 0.6) is 0 Å². The largest absolute Gasteiger partial charge is 0.347 e. The zero-order chi connectivity index (χ0) is 16.8. The fourth-order valence-electron chi connectivity index (χ4n) is 4.03. The number of carbonyl (C=O) groups is 2. The van der Waals surface area contributed by atoms with E-state index in [0.717, 1.165) is 51.4 Å². The van der Waals surface area contributed by atoms with Crippen LogP contribution in [0, 0.1) is 0 Å². The predicted octanol–water partition coefficient (Wildman–Crippen LogP) is 2.02. The average molecular weight is 338 g/mol. The van der Waals surface area contributed by atoms with Crippen molar-refractivity contribution in [3.63, 3.8) is 0 Å². The van der Waals surface area contributed by atoms with E-state index in [9.17, 15) is 9.59 Å². The van der Waals surface area contributed by atoms with E-state index in [-0.39, 0.29) is 12.1 Å². The molecule has 1 aliphatic heterocycles. The van der Waals surface area contributed by atoms with Gasteiger partial charge in [-0.1, -0.05) is 32.1 Å². The van der Waals surface area contributed by atoms with Crippen LogP contribution in [-0.2, 0) is 19.1 Å². The molecule has 3 fully saturated rings. The molecule has 0 aromatic heterocycles. The van der Waals surface area contributed by atoms with Crippen molar-refractivity contribution in [1.29, 1.82) is 0 Å². The maximum absolute atomic E-state index is 12.0. The van der Waals surface area contributed by atoms with E-state index < -0.39 is 17.6 Å². The highest BCUT2D eigenvalue weighted by Gasteiger charge is 2.42. The number of ether oxygens (including phenoxy) is 2. The Labute approximate surface area is 144 Å². The van der Waals surface area contributed by atoms with Crippen LogP contribution in [0.2, 0.25) is 0 Å². The van der Waals surface area contributed by atoms with Crippen molar-refractivity contribution in [2.45, 2.75) is 88.6 Å². The quantitative estimate of drug-likeness (QED) is 0.610. The van der Waals surface area contributed by atoms with E-state index in [0.29, 0.717) is 13.2 Å². The van der Waals surface area contributed by atoms with E-state index in [4.69, 9.17) is 9.47 Å². The number of nitrogens with one attached hydrogen (secondary N) is 2. The van der Waals surface area contributed by atoms with E-state index in [1.807, 2.05) is 0 Å². The molecule has 1 saturated heterocycles. The van der Waals surface area contributed by atoms with Gasteiger partial charge in [0, 0.05) is 25.4 Å². The van der Waals surface area contributed by atoms with Crippen LogP contribution >= 0.6 is 0 Å². The zero-order valence-corrected chi connectivity index (χ0v) is 14.5. The molecule has 2 saturated carbocycles.